The molecule has 128 valence electrons. The van der Waals surface area contributed by atoms with Gasteiger partial charge in [-0.3, -0.25) is 0 Å². The van der Waals surface area contributed by atoms with Gasteiger partial charge in [-0.1, -0.05) is 13.0 Å². The number of hydrogen-bond donors (Lipinski definition) is 0. The van der Waals surface area contributed by atoms with Crippen LogP contribution >= 0.6 is 10.5 Å². The molecule has 1 saturated carbocycles. The fourth-order valence-corrected chi connectivity index (χ4v) is 4.56. The van der Waals surface area contributed by atoms with Crippen LogP contribution in [0.4, 0.5) is 30.4 Å². The van der Waals surface area contributed by atoms with E-state index < -0.39 is 23.2 Å². The first-order valence-electron chi connectivity index (χ1n) is 7.03. The van der Waals surface area contributed by atoms with E-state index in [1.54, 1.807) is 12.1 Å². The minimum Gasteiger partial charge on any atom is -0.418 e. The summed E-state index contributed by atoms with van der Waals surface area (Å²) in [7, 11) is -7.68. The average molecular weight is 358 g/mol. The number of fused-ring (bicyclic) bond motifs is 1. The molecule has 1 atom stereocenters. The lowest BCUT2D eigenvalue weighted by Gasteiger charge is -2.00. The predicted octanol–water partition coefficient (Wildman–Crippen LogP) is 6.81. The highest BCUT2D eigenvalue weighted by molar-refractivity contribution is 7.38. The molecule has 0 N–H and O–H groups in total. The minimum atomic E-state index is -6.00. The molecule has 0 nitrogen and oxygen atoms in total. The third-order valence-electron chi connectivity index (χ3n) is 3.45. The number of rotatable bonds is 2. The van der Waals surface area contributed by atoms with Gasteiger partial charge in [-0.2, -0.15) is 0 Å². The standard InChI is InChI=1S/C14H14F3S.BF4/c1-2-9-3-4-11-8-13(10-5-6-10)18(12(11)7-9)14(15,16)17;2-1(3,4)5/h3-4,7-8,10H,2,5-6H2,1H3;/q+1;-1. The first-order valence-corrected chi connectivity index (χ1v) is 8.26. The van der Waals surface area contributed by atoms with Crippen LogP contribution in [0.25, 0.3) is 10.1 Å². The number of aryl methyl sites for hydroxylation is 1. The molecule has 1 fully saturated rings. The molecule has 0 saturated heterocycles. The maximum Gasteiger partial charge on any atom is 0.673 e. The van der Waals surface area contributed by atoms with E-state index in [2.05, 4.69) is 0 Å². The Bertz CT molecular complexity index is 677. The van der Waals surface area contributed by atoms with Crippen LogP contribution in [0.3, 0.4) is 0 Å². The molecule has 1 aliphatic carbocycles. The van der Waals surface area contributed by atoms with Crippen molar-refractivity contribution in [1.82, 2.24) is 0 Å². The van der Waals surface area contributed by atoms with E-state index in [-0.39, 0.29) is 5.92 Å². The van der Waals surface area contributed by atoms with Crippen molar-refractivity contribution in [3.63, 3.8) is 0 Å². The van der Waals surface area contributed by atoms with Crippen molar-refractivity contribution in [3.8, 4) is 0 Å². The van der Waals surface area contributed by atoms with E-state index in [9.17, 15) is 30.4 Å². The highest BCUT2D eigenvalue weighted by Crippen LogP contribution is 2.57. The molecule has 0 radical (unpaired) electrons. The van der Waals surface area contributed by atoms with Gasteiger partial charge in [0.1, 0.15) is 0 Å². The maximum absolute atomic E-state index is 13.3. The molecule has 0 spiro atoms. The van der Waals surface area contributed by atoms with Gasteiger partial charge in [0.2, 0.25) is 0 Å². The number of hydrogen-bond acceptors (Lipinski definition) is 0. The lowest BCUT2D eigenvalue weighted by Crippen LogP contribution is -2.02. The molecular weight excluding hydrogens is 344 g/mol. The molecular formula is C14H14BF7S. The topological polar surface area (TPSA) is 0 Å². The van der Waals surface area contributed by atoms with Crippen LogP contribution in [0, 0.1) is 0 Å². The predicted molar refractivity (Wildman–Crippen MR) is 79.3 cm³/mol. The smallest absolute Gasteiger partial charge is 0.418 e. The summed E-state index contributed by atoms with van der Waals surface area (Å²) in [5, 5.41) is 0.773. The van der Waals surface area contributed by atoms with Crippen LogP contribution in [0.2, 0.25) is 0 Å². The maximum atomic E-state index is 13.3. The second-order valence-corrected chi connectivity index (χ2v) is 7.28. The van der Waals surface area contributed by atoms with Gasteiger partial charge in [0.25, 0.3) is 0 Å². The fourth-order valence-electron chi connectivity index (χ4n) is 2.34. The molecule has 1 aliphatic rings. The number of halogens is 7. The minimum absolute atomic E-state index is 0.174. The zero-order valence-corrected chi connectivity index (χ0v) is 13.0. The van der Waals surface area contributed by atoms with E-state index in [0.29, 0.717) is 9.58 Å². The largest absolute Gasteiger partial charge is 0.673 e. The van der Waals surface area contributed by atoms with E-state index in [1.807, 2.05) is 19.1 Å². The molecule has 1 aromatic heterocycles. The Kier molecular flexibility index (Phi) is 4.99. The van der Waals surface area contributed by atoms with Crippen LogP contribution in [0.15, 0.2) is 24.3 Å². The Hall–Kier alpha value is -1.25. The van der Waals surface area contributed by atoms with Gasteiger partial charge in [-0.05, 0) is 30.9 Å². The summed E-state index contributed by atoms with van der Waals surface area (Å²) in [6, 6.07) is 7.30. The van der Waals surface area contributed by atoms with Gasteiger partial charge >= 0.3 is 12.8 Å². The second-order valence-electron chi connectivity index (χ2n) is 5.29. The first-order chi connectivity index (χ1) is 10.5. The molecule has 0 bridgehead atoms. The highest BCUT2D eigenvalue weighted by Gasteiger charge is 2.51. The zero-order valence-electron chi connectivity index (χ0n) is 12.1. The Balaban J connectivity index is 0.000000338. The van der Waals surface area contributed by atoms with Gasteiger partial charge in [-0.15, -0.1) is 13.2 Å². The van der Waals surface area contributed by atoms with E-state index in [0.717, 1.165) is 30.2 Å². The Morgan fingerprint density at radius 3 is 2.09 bits per heavy atom. The first kappa shape index (κ1) is 18.1. The SMILES string of the molecule is CCc1ccc2cc(C3CC3)[s+](C(F)(F)F)c2c1.F[B-](F)(F)F. The summed E-state index contributed by atoms with van der Waals surface area (Å²) < 4.78 is 79.3. The molecule has 1 unspecified atom stereocenters. The summed E-state index contributed by atoms with van der Waals surface area (Å²) in [5.41, 5.74) is -3.15. The molecule has 23 heavy (non-hydrogen) atoms. The van der Waals surface area contributed by atoms with Crippen molar-refractivity contribution in [2.45, 2.75) is 37.6 Å². The third-order valence-corrected chi connectivity index (χ3v) is 5.63. The fraction of sp³-hybridized carbons (Fsp3) is 0.429. The van der Waals surface area contributed by atoms with Crippen LogP contribution in [-0.4, -0.2) is 7.25 Å². The Labute approximate surface area is 131 Å². The summed E-state index contributed by atoms with van der Waals surface area (Å²) in [4.78, 5) is 0.616. The molecule has 1 aromatic carbocycles. The summed E-state index contributed by atoms with van der Waals surface area (Å²) in [5.74, 6) is 0.174. The van der Waals surface area contributed by atoms with Crippen LogP contribution in [0.1, 0.15) is 36.1 Å². The molecule has 2 aromatic rings. The summed E-state index contributed by atoms with van der Waals surface area (Å²) in [6.07, 6.45) is 2.61. The van der Waals surface area contributed by atoms with Crippen LogP contribution in [0.5, 0.6) is 0 Å². The Morgan fingerprint density at radius 2 is 1.65 bits per heavy atom. The summed E-state index contributed by atoms with van der Waals surface area (Å²) >= 11 is 0. The third kappa shape index (κ3) is 4.86. The molecule has 0 amide bonds. The van der Waals surface area contributed by atoms with Gasteiger partial charge in [0.15, 0.2) is 9.58 Å². The van der Waals surface area contributed by atoms with Crippen molar-refractivity contribution >= 4 is 27.8 Å². The number of benzene rings is 1. The lowest BCUT2D eigenvalue weighted by atomic mass is 10.1. The quantitative estimate of drug-likeness (QED) is 0.314. The number of alkyl halides is 3. The molecule has 9 heteroatoms. The van der Waals surface area contributed by atoms with E-state index >= 15 is 0 Å². The number of thiophene rings is 1. The highest BCUT2D eigenvalue weighted by atomic mass is 32.2. The lowest BCUT2D eigenvalue weighted by molar-refractivity contribution is -0.0867. The monoisotopic (exact) mass is 358 g/mol. The van der Waals surface area contributed by atoms with Crippen LogP contribution < -0.4 is 0 Å². The normalized spacial score (nSPS) is 16.3. The van der Waals surface area contributed by atoms with Gasteiger partial charge in [0, 0.05) is 23.4 Å². The van der Waals surface area contributed by atoms with Crippen molar-refractivity contribution in [2.24, 2.45) is 0 Å². The van der Waals surface area contributed by atoms with E-state index in [1.165, 1.54) is 0 Å². The van der Waals surface area contributed by atoms with Crippen molar-refractivity contribution < 1.29 is 30.4 Å². The Morgan fingerprint density at radius 1 is 1.09 bits per heavy atom. The van der Waals surface area contributed by atoms with E-state index in [4.69, 9.17) is 0 Å². The van der Waals surface area contributed by atoms with Crippen LogP contribution in [-0.2, 0) is 11.9 Å². The molecule has 0 aliphatic heterocycles. The molecule has 1 heterocycles. The van der Waals surface area contributed by atoms with Gasteiger partial charge in [-0.25, -0.2) is 0 Å². The zero-order chi connectivity index (χ0) is 17.4. The van der Waals surface area contributed by atoms with Gasteiger partial charge in [0.05, 0.1) is 10.5 Å². The van der Waals surface area contributed by atoms with Crippen molar-refractivity contribution in [2.75, 3.05) is 0 Å². The molecule has 3 rings (SSSR count). The summed E-state index contributed by atoms with van der Waals surface area (Å²) in [6.45, 7) is 1.97. The van der Waals surface area contributed by atoms with Gasteiger partial charge < -0.3 is 17.3 Å². The van der Waals surface area contributed by atoms with Crippen molar-refractivity contribution in [1.29, 1.82) is 0 Å². The average Bonchev–Trinajstić information content (AvgIpc) is 3.15. The second kappa shape index (κ2) is 6.34. The van der Waals surface area contributed by atoms with Crippen molar-refractivity contribution in [3.05, 3.63) is 34.7 Å².